The van der Waals surface area contributed by atoms with Gasteiger partial charge < -0.3 is 9.67 Å². The normalized spacial score (nSPS) is 18.5. The van der Waals surface area contributed by atoms with Gasteiger partial charge in [0.1, 0.15) is 0 Å². The van der Waals surface area contributed by atoms with Gasteiger partial charge in [-0.1, -0.05) is 22.0 Å². The largest absolute Gasteiger partial charge is 0.481 e. The van der Waals surface area contributed by atoms with Crippen LogP contribution in [0.3, 0.4) is 0 Å². The van der Waals surface area contributed by atoms with Crippen molar-refractivity contribution in [3.8, 4) is 0 Å². The van der Waals surface area contributed by atoms with Crippen LogP contribution in [-0.4, -0.2) is 15.6 Å². The van der Waals surface area contributed by atoms with Crippen LogP contribution < -0.4 is 0 Å². The van der Waals surface area contributed by atoms with Crippen molar-refractivity contribution in [1.29, 1.82) is 0 Å². The molecule has 100 valence electrons. The molecule has 1 N–H and O–H groups in total. The minimum atomic E-state index is -0.702. The Kier molecular flexibility index (Phi) is 3.13. The minimum Gasteiger partial charge on any atom is -0.481 e. The maximum absolute atomic E-state index is 11.1. The lowest BCUT2D eigenvalue weighted by Crippen LogP contribution is -2.14. The molecule has 4 heteroatoms. The highest BCUT2D eigenvalue weighted by Crippen LogP contribution is 2.40. The number of fused-ring (bicyclic) bond motifs is 3. The topological polar surface area (TPSA) is 42.2 Å². The maximum atomic E-state index is 11.1. The van der Waals surface area contributed by atoms with Crippen molar-refractivity contribution in [3.63, 3.8) is 0 Å². The Morgan fingerprint density at radius 1 is 1.53 bits per heavy atom. The standard InChI is InChI=1S/C15H16BrNO2/c1-17-12-4-2-3-9(7-14(18)19)15(12)11-6-5-10(16)8-13(11)17/h5-6,8-9H,2-4,7H2,1H3,(H,18,19). The SMILES string of the molecule is Cn1c2c(c3ccc(Br)cc31)C(CC(=O)O)CCC2. The third-order valence-corrected chi connectivity index (χ3v) is 4.62. The van der Waals surface area contributed by atoms with Crippen LogP contribution in [0.1, 0.15) is 36.4 Å². The summed E-state index contributed by atoms with van der Waals surface area (Å²) < 4.78 is 3.29. The number of hydrogen-bond acceptors (Lipinski definition) is 1. The van der Waals surface area contributed by atoms with Crippen LogP contribution in [0.4, 0.5) is 0 Å². The second-order valence-electron chi connectivity index (χ2n) is 5.27. The molecule has 0 saturated heterocycles. The molecule has 1 atom stereocenters. The molecule has 0 bridgehead atoms. The lowest BCUT2D eigenvalue weighted by atomic mass is 9.83. The number of rotatable bonds is 2. The Morgan fingerprint density at radius 3 is 3.05 bits per heavy atom. The molecule has 0 fully saturated rings. The second kappa shape index (κ2) is 4.67. The van der Waals surface area contributed by atoms with Crippen molar-refractivity contribution in [1.82, 2.24) is 4.57 Å². The van der Waals surface area contributed by atoms with Crippen molar-refractivity contribution in [3.05, 3.63) is 33.9 Å². The molecule has 2 aromatic rings. The first-order chi connectivity index (χ1) is 9.08. The summed E-state index contributed by atoms with van der Waals surface area (Å²) in [6.45, 7) is 0. The van der Waals surface area contributed by atoms with Crippen LogP contribution in [0.25, 0.3) is 10.9 Å². The van der Waals surface area contributed by atoms with E-state index < -0.39 is 5.97 Å². The van der Waals surface area contributed by atoms with Crippen LogP contribution >= 0.6 is 15.9 Å². The van der Waals surface area contributed by atoms with E-state index in [2.05, 4.69) is 39.7 Å². The third kappa shape index (κ3) is 2.08. The van der Waals surface area contributed by atoms with Crippen LogP contribution in [0.5, 0.6) is 0 Å². The zero-order valence-electron chi connectivity index (χ0n) is 10.8. The molecular weight excluding hydrogens is 306 g/mol. The molecule has 0 spiro atoms. The zero-order chi connectivity index (χ0) is 13.6. The molecule has 3 nitrogen and oxygen atoms in total. The van der Waals surface area contributed by atoms with E-state index in [4.69, 9.17) is 5.11 Å². The molecule has 0 radical (unpaired) electrons. The zero-order valence-corrected chi connectivity index (χ0v) is 12.4. The Morgan fingerprint density at radius 2 is 2.32 bits per heavy atom. The van der Waals surface area contributed by atoms with Gasteiger partial charge in [0.05, 0.1) is 6.42 Å². The Bertz CT molecular complexity index is 660. The summed E-state index contributed by atoms with van der Waals surface area (Å²) in [7, 11) is 2.08. The van der Waals surface area contributed by atoms with Crippen LogP contribution in [0.2, 0.25) is 0 Å². The highest BCUT2D eigenvalue weighted by atomic mass is 79.9. The van der Waals surface area contributed by atoms with Gasteiger partial charge in [-0.15, -0.1) is 0 Å². The fourth-order valence-electron chi connectivity index (χ4n) is 3.32. The van der Waals surface area contributed by atoms with Gasteiger partial charge in [0, 0.05) is 28.1 Å². The molecule has 1 unspecified atom stereocenters. The highest BCUT2D eigenvalue weighted by molar-refractivity contribution is 9.10. The molecule has 1 aliphatic carbocycles. The molecule has 0 aliphatic heterocycles. The lowest BCUT2D eigenvalue weighted by Gasteiger charge is -2.22. The second-order valence-corrected chi connectivity index (χ2v) is 6.18. The van der Waals surface area contributed by atoms with Gasteiger partial charge in [-0.05, 0) is 42.9 Å². The van der Waals surface area contributed by atoms with Crippen molar-refractivity contribution in [2.45, 2.75) is 31.6 Å². The maximum Gasteiger partial charge on any atom is 0.303 e. The molecule has 0 amide bonds. The number of hydrogen-bond donors (Lipinski definition) is 1. The molecule has 1 aromatic heterocycles. The number of nitrogens with zero attached hydrogens (tertiary/aromatic N) is 1. The highest BCUT2D eigenvalue weighted by Gasteiger charge is 2.27. The fraction of sp³-hybridized carbons (Fsp3) is 0.400. The van der Waals surface area contributed by atoms with E-state index in [9.17, 15) is 4.79 Å². The first-order valence-electron chi connectivity index (χ1n) is 6.56. The minimum absolute atomic E-state index is 0.158. The number of halogens is 1. The van der Waals surface area contributed by atoms with E-state index in [0.29, 0.717) is 0 Å². The summed E-state index contributed by atoms with van der Waals surface area (Å²) in [5.41, 5.74) is 3.76. The Balaban J connectivity index is 2.22. The Hall–Kier alpha value is -1.29. The van der Waals surface area contributed by atoms with Gasteiger partial charge in [-0.3, -0.25) is 4.79 Å². The van der Waals surface area contributed by atoms with Gasteiger partial charge >= 0.3 is 5.97 Å². The molecule has 1 heterocycles. The van der Waals surface area contributed by atoms with Gasteiger partial charge in [-0.25, -0.2) is 0 Å². The van der Waals surface area contributed by atoms with Crippen molar-refractivity contribution in [2.24, 2.45) is 7.05 Å². The number of aryl methyl sites for hydroxylation is 1. The number of carboxylic acids is 1. The fourth-order valence-corrected chi connectivity index (χ4v) is 3.67. The first-order valence-corrected chi connectivity index (χ1v) is 7.35. The van der Waals surface area contributed by atoms with E-state index in [0.717, 1.165) is 23.7 Å². The van der Waals surface area contributed by atoms with E-state index >= 15 is 0 Å². The average Bonchev–Trinajstić information content (AvgIpc) is 2.64. The monoisotopic (exact) mass is 321 g/mol. The number of aromatic nitrogens is 1. The average molecular weight is 322 g/mol. The van der Waals surface area contributed by atoms with Gasteiger partial charge in [0.15, 0.2) is 0 Å². The summed E-state index contributed by atoms with van der Waals surface area (Å²) in [5, 5.41) is 10.3. The summed E-state index contributed by atoms with van der Waals surface area (Å²) in [5.74, 6) is -0.543. The molecule has 0 saturated carbocycles. The van der Waals surface area contributed by atoms with Crippen molar-refractivity contribution >= 4 is 32.8 Å². The quantitative estimate of drug-likeness (QED) is 0.913. The number of aliphatic carboxylic acids is 1. The van der Waals surface area contributed by atoms with E-state index in [1.165, 1.54) is 22.2 Å². The van der Waals surface area contributed by atoms with E-state index in [1.807, 2.05) is 6.07 Å². The molecule has 19 heavy (non-hydrogen) atoms. The van der Waals surface area contributed by atoms with Gasteiger partial charge in [-0.2, -0.15) is 0 Å². The smallest absolute Gasteiger partial charge is 0.303 e. The summed E-state index contributed by atoms with van der Waals surface area (Å²) >= 11 is 3.51. The van der Waals surface area contributed by atoms with E-state index in [-0.39, 0.29) is 12.3 Å². The van der Waals surface area contributed by atoms with Gasteiger partial charge in [0.2, 0.25) is 0 Å². The number of carbonyl (C=O) groups is 1. The van der Waals surface area contributed by atoms with Crippen LogP contribution in [-0.2, 0) is 18.3 Å². The molecule has 1 aliphatic rings. The number of benzene rings is 1. The van der Waals surface area contributed by atoms with Crippen molar-refractivity contribution < 1.29 is 9.90 Å². The van der Waals surface area contributed by atoms with Crippen LogP contribution in [0.15, 0.2) is 22.7 Å². The summed E-state index contributed by atoms with van der Waals surface area (Å²) in [4.78, 5) is 11.1. The summed E-state index contributed by atoms with van der Waals surface area (Å²) in [6, 6.07) is 6.26. The predicted molar refractivity (Wildman–Crippen MR) is 78.6 cm³/mol. The third-order valence-electron chi connectivity index (χ3n) is 4.12. The number of carboxylic acid groups (broad SMARTS) is 1. The summed E-state index contributed by atoms with van der Waals surface area (Å²) in [6.07, 6.45) is 3.35. The van der Waals surface area contributed by atoms with Crippen LogP contribution in [0, 0.1) is 0 Å². The molecular formula is C15H16BrNO2. The van der Waals surface area contributed by atoms with E-state index in [1.54, 1.807) is 0 Å². The Labute approximate surface area is 120 Å². The lowest BCUT2D eigenvalue weighted by molar-refractivity contribution is -0.137. The van der Waals surface area contributed by atoms with Crippen molar-refractivity contribution in [2.75, 3.05) is 0 Å². The first kappa shape index (κ1) is 12.7. The van der Waals surface area contributed by atoms with Gasteiger partial charge in [0.25, 0.3) is 0 Å². The molecule has 3 rings (SSSR count). The predicted octanol–water partition coefficient (Wildman–Crippen LogP) is 3.84. The molecule has 1 aromatic carbocycles.